The molecule has 2 atom stereocenters. The zero-order valence-corrected chi connectivity index (χ0v) is 21.7. The number of halogens is 1. The van der Waals surface area contributed by atoms with E-state index in [9.17, 15) is 14.4 Å². The summed E-state index contributed by atoms with van der Waals surface area (Å²) in [5, 5.41) is 3.26. The summed E-state index contributed by atoms with van der Waals surface area (Å²) in [6.45, 7) is 3.71. The van der Waals surface area contributed by atoms with Crippen LogP contribution >= 0.6 is 22.9 Å². The van der Waals surface area contributed by atoms with Crippen molar-refractivity contribution in [1.82, 2.24) is 4.98 Å². The van der Waals surface area contributed by atoms with Crippen LogP contribution in [0.4, 0.5) is 5.00 Å². The third kappa shape index (κ3) is 5.60. The number of pyridine rings is 1. The number of carbonyl (C=O) groups is 3. The van der Waals surface area contributed by atoms with E-state index in [4.69, 9.17) is 21.1 Å². The minimum atomic E-state index is -1.07. The number of nitrogens with one attached hydrogen (secondary N) is 1. The van der Waals surface area contributed by atoms with E-state index in [2.05, 4.69) is 22.4 Å². The number of aromatic nitrogens is 1. The van der Waals surface area contributed by atoms with Gasteiger partial charge in [0.05, 0.1) is 17.7 Å². The van der Waals surface area contributed by atoms with E-state index >= 15 is 0 Å². The molecule has 0 bridgehead atoms. The molecule has 0 saturated heterocycles. The highest BCUT2D eigenvalue weighted by Crippen LogP contribution is 2.43. The summed E-state index contributed by atoms with van der Waals surface area (Å²) in [6, 6.07) is 13.3. The van der Waals surface area contributed by atoms with Gasteiger partial charge in [-0.15, -0.1) is 11.3 Å². The molecule has 2 heterocycles. The van der Waals surface area contributed by atoms with Gasteiger partial charge in [0, 0.05) is 11.1 Å². The number of hydrogen-bond donors (Lipinski definition) is 1. The molecule has 1 aliphatic carbocycles. The molecule has 0 spiro atoms. The highest BCUT2D eigenvalue weighted by atomic mass is 35.5. The summed E-state index contributed by atoms with van der Waals surface area (Å²) in [5.41, 5.74) is 2.66. The van der Waals surface area contributed by atoms with E-state index in [1.165, 1.54) is 29.2 Å². The number of ether oxygens (including phenoxy) is 2. The minimum absolute atomic E-state index is 0.00117. The number of nitrogens with zero attached hydrogens (tertiary/aromatic N) is 1. The second kappa shape index (κ2) is 11.7. The third-order valence-electron chi connectivity index (χ3n) is 6.14. The van der Waals surface area contributed by atoms with Gasteiger partial charge < -0.3 is 14.8 Å². The molecule has 0 aliphatic heterocycles. The molecule has 9 heteroatoms. The Balaban J connectivity index is 1.57. The van der Waals surface area contributed by atoms with Crippen molar-refractivity contribution in [3.63, 3.8) is 0 Å². The summed E-state index contributed by atoms with van der Waals surface area (Å²) in [4.78, 5) is 43.6. The van der Waals surface area contributed by atoms with Crippen LogP contribution in [-0.4, -0.2) is 35.5 Å². The van der Waals surface area contributed by atoms with Gasteiger partial charge in [0.2, 0.25) is 0 Å². The van der Waals surface area contributed by atoms with Crippen LogP contribution in [0.1, 0.15) is 69.3 Å². The van der Waals surface area contributed by atoms with Crippen molar-refractivity contribution in [3.05, 3.63) is 80.9 Å². The Labute approximate surface area is 218 Å². The quantitative estimate of drug-likeness (QED) is 0.293. The summed E-state index contributed by atoms with van der Waals surface area (Å²) >= 11 is 7.38. The Morgan fingerprint density at radius 1 is 1.14 bits per heavy atom. The molecule has 1 amide bonds. The average Bonchev–Trinajstić information content (AvgIpc) is 3.25. The number of benzene rings is 1. The lowest BCUT2D eigenvalue weighted by Gasteiger charge is -2.23. The smallest absolute Gasteiger partial charge is 0.342 e. The largest absolute Gasteiger partial charge is 0.462 e. The van der Waals surface area contributed by atoms with Crippen molar-refractivity contribution in [2.75, 3.05) is 11.9 Å². The highest BCUT2D eigenvalue weighted by molar-refractivity contribution is 7.17. The Hall–Kier alpha value is -3.23. The van der Waals surface area contributed by atoms with Crippen molar-refractivity contribution >= 4 is 45.8 Å². The van der Waals surface area contributed by atoms with Gasteiger partial charge in [-0.25, -0.2) is 14.6 Å². The molecule has 188 valence electrons. The van der Waals surface area contributed by atoms with Gasteiger partial charge in [-0.1, -0.05) is 48.9 Å². The fourth-order valence-electron chi connectivity index (χ4n) is 4.35. The van der Waals surface area contributed by atoms with Crippen LogP contribution in [-0.2, 0) is 27.1 Å². The Bertz CT molecular complexity index is 1260. The monoisotopic (exact) mass is 526 g/mol. The Kier molecular flexibility index (Phi) is 8.38. The molecule has 2 aromatic heterocycles. The molecule has 1 aromatic carbocycles. The van der Waals surface area contributed by atoms with E-state index in [-0.39, 0.29) is 23.7 Å². The zero-order chi connectivity index (χ0) is 25.7. The van der Waals surface area contributed by atoms with Gasteiger partial charge in [0.1, 0.15) is 10.2 Å². The van der Waals surface area contributed by atoms with Crippen molar-refractivity contribution < 1.29 is 23.9 Å². The number of amides is 1. The molecule has 1 N–H and O–H groups in total. The molecule has 1 aliphatic rings. The van der Waals surface area contributed by atoms with Crippen molar-refractivity contribution in [1.29, 1.82) is 0 Å². The lowest BCUT2D eigenvalue weighted by Crippen LogP contribution is -2.32. The summed E-state index contributed by atoms with van der Waals surface area (Å²) in [6.07, 6.45) is 3.01. The van der Waals surface area contributed by atoms with Crippen LogP contribution in [0.2, 0.25) is 5.15 Å². The van der Waals surface area contributed by atoms with Crippen molar-refractivity contribution in [3.8, 4) is 0 Å². The van der Waals surface area contributed by atoms with Crippen LogP contribution < -0.4 is 5.32 Å². The number of anilines is 1. The van der Waals surface area contributed by atoms with Crippen LogP contribution in [0.5, 0.6) is 0 Å². The maximum absolute atomic E-state index is 13.1. The molecule has 4 rings (SSSR count). The third-order valence-corrected chi connectivity index (χ3v) is 7.62. The lowest BCUT2D eigenvalue weighted by molar-refractivity contribution is -0.124. The second-order valence-corrected chi connectivity index (χ2v) is 9.88. The molecule has 36 heavy (non-hydrogen) atoms. The number of rotatable bonds is 8. The second-order valence-electron chi connectivity index (χ2n) is 8.41. The van der Waals surface area contributed by atoms with Gasteiger partial charge in [-0.2, -0.15) is 0 Å². The van der Waals surface area contributed by atoms with Crippen LogP contribution in [0.3, 0.4) is 0 Å². The van der Waals surface area contributed by atoms with Crippen molar-refractivity contribution in [2.45, 2.75) is 51.6 Å². The first-order valence-corrected chi connectivity index (χ1v) is 13.1. The predicted molar refractivity (Wildman–Crippen MR) is 139 cm³/mol. The summed E-state index contributed by atoms with van der Waals surface area (Å²) in [5.74, 6) is -1.38. The first-order chi connectivity index (χ1) is 17.4. The summed E-state index contributed by atoms with van der Waals surface area (Å²) in [7, 11) is 0. The SMILES string of the molecule is CCOC(=O)c1c(NC(=O)C(CC)OC(=O)c2cccnc2Cl)sc2c1CCC(c1ccccc1)C2. The summed E-state index contributed by atoms with van der Waals surface area (Å²) < 4.78 is 10.8. The standard InChI is InChI=1S/C27H27ClN2O5S/c1-3-20(35-26(32)19-11-8-14-29-23(19)28)24(31)30-25-22(27(33)34-4-2)18-13-12-17(15-21(18)36-25)16-9-6-5-7-10-16/h5-11,14,17,20H,3-4,12-13,15H2,1-2H3,(H,30,31). The molecule has 0 radical (unpaired) electrons. The molecular formula is C27H27ClN2O5S. The molecule has 2 unspecified atom stereocenters. The van der Waals surface area contributed by atoms with Crippen LogP contribution in [0, 0.1) is 0 Å². The molecule has 3 aromatic rings. The van der Waals surface area contributed by atoms with E-state index in [0.29, 0.717) is 22.9 Å². The van der Waals surface area contributed by atoms with E-state index in [1.807, 2.05) is 18.2 Å². The number of carbonyl (C=O) groups excluding carboxylic acids is 3. The fourth-order valence-corrected chi connectivity index (χ4v) is 5.86. The minimum Gasteiger partial charge on any atom is -0.462 e. The van der Waals surface area contributed by atoms with Gasteiger partial charge in [-0.3, -0.25) is 4.79 Å². The van der Waals surface area contributed by atoms with Crippen molar-refractivity contribution in [2.24, 2.45) is 0 Å². The van der Waals surface area contributed by atoms with E-state index in [1.54, 1.807) is 19.9 Å². The molecular weight excluding hydrogens is 500 g/mol. The topological polar surface area (TPSA) is 94.6 Å². The molecule has 0 fully saturated rings. The van der Waals surface area contributed by atoms with E-state index in [0.717, 1.165) is 23.3 Å². The van der Waals surface area contributed by atoms with Gasteiger partial charge >= 0.3 is 11.9 Å². The van der Waals surface area contributed by atoms with Gasteiger partial charge in [-0.05, 0) is 61.8 Å². The highest BCUT2D eigenvalue weighted by Gasteiger charge is 2.32. The maximum atomic E-state index is 13.1. The van der Waals surface area contributed by atoms with Gasteiger partial charge in [0.15, 0.2) is 6.10 Å². The fraction of sp³-hybridized carbons (Fsp3) is 0.333. The van der Waals surface area contributed by atoms with E-state index < -0.39 is 23.9 Å². The first-order valence-electron chi connectivity index (χ1n) is 11.9. The number of fused-ring (bicyclic) bond motifs is 1. The first kappa shape index (κ1) is 25.9. The maximum Gasteiger partial charge on any atom is 0.342 e. The van der Waals surface area contributed by atoms with Crippen LogP contribution in [0.15, 0.2) is 48.7 Å². The number of thiophene rings is 1. The predicted octanol–water partition coefficient (Wildman–Crippen LogP) is 5.82. The van der Waals surface area contributed by atoms with Crippen LogP contribution in [0.25, 0.3) is 0 Å². The zero-order valence-electron chi connectivity index (χ0n) is 20.1. The average molecular weight is 527 g/mol. The molecule has 7 nitrogen and oxygen atoms in total. The normalized spacial score (nSPS) is 15.5. The lowest BCUT2D eigenvalue weighted by atomic mass is 9.83. The molecule has 0 saturated carbocycles. The Morgan fingerprint density at radius 3 is 2.61 bits per heavy atom. The number of hydrogen-bond acceptors (Lipinski definition) is 7. The van der Waals surface area contributed by atoms with Gasteiger partial charge in [0.25, 0.3) is 5.91 Å². The number of esters is 2. The Morgan fingerprint density at radius 2 is 1.92 bits per heavy atom.